The minimum absolute atomic E-state index is 0.331. The van der Waals surface area contributed by atoms with Crippen molar-refractivity contribution < 1.29 is 19.8 Å². The molecule has 0 aliphatic rings. The van der Waals surface area contributed by atoms with E-state index >= 15 is 0 Å². The third kappa shape index (κ3) is 34.2. The van der Waals surface area contributed by atoms with Gasteiger partial charge in [-0.2, -0.15) is 0 Å². The summed E-state index contributed by atoms with van der Waals surface area (Å²) < 4.78 is 0. The van der Waals surface area contributed by atoms with Gasteiger partial charge in [-0.1, -0.05) is 103 Å². The molecule has 0 radical (unpaired) electrons. The first-order valence-electron chi connectivity index (χ1n) is 12.6. The Morgan fingerprint density at radius 3 is 1.17 bits per heavy atom. The summed E-state index contributed by atoms with van der Waals surface area (Å²) in [5.41, 5.74) is 0. The molecule has 0 amide bonds. The number of hydrogen-bond donors (Lipinski definition) is 2. The number of allylic oxidation sites excluding steroid dienone is 2. The molecule has 0 saturated heterocycles. The molecule has 4 heteroatoms. The predicted molar refractivity (Wildman–Crippen MR) is 128 cm³/mol. The summed E-state index contributed by atoms with van der Waals surface area (Å²) in [5, 5.41) is 16.8. The lowest BCUT2D eigenvalue weighted by Crippen LogP contribution is -1.93. The summed E-state index contributed by atoms with van der Waals surface area (Å²) in [4.78, 5) is 20.4. The summed E-state index contributed by atoms with van der Waals surface area (Å²) in [7, 11) is 0. The van der Waals surface area contributed by atoms with Crippen LogP contribution in [0.1, 0.15) is 142 Å². The topological polar surface area (TPSA) is 74.6 Å². The zero-order valence-corrected chi connectivity index (χ0v) is 20.0. The Balaban J connectivity index is 0. The van der Waals surface area contributed by atoms with Crippen molar-refractivity contribution in [1.29, 1.82) is 0 Å². The van der Waals surface area contributed by atoms with Crippen LogP contribution in [0.25, 0.3) is 0 Å². The van der Waals surface area contributed by atoms with Gasteiger partial charge >= 0.3 is 11.9 Å². The van der Waals surface area contributed by atoms with Gasteiger partial charge in [-0.25, -0.2) is 0 Å². The van der Waals surface area contributed by atoms with Gasteiger partial charge in [0.25, 0.3) is 0 Å². The smallest absolute Gasteiger partial charge is 0.303 e. The largest absolute Gasteiger partial charge is 0.481 e. The first-order valence-corrected chi connectivity index (χ1v) is 12.6. The highest BCUT2D eigenvalue weighted by atomic mass is 16.4. The fourth-order valence-corrected chi connectivity index (χ4v) is 3.23. The fraction of sp³-hybridized carbons (Fsp3) is 0.846. The van der Waals surface area contributed by atoms with Crippen molar-refractivity contribution in [2.45, 2.75) is 142 Å². The van der Waals surface area contributed by atoms with Crippen LogP contribution in [0.2, 0.25) is 0 Å². The van der Waals surface area contributed by atoms with E-state index in [1.165, 1.54) is 89.9 Å². The first-order chi connectivity index (χ1) is 14.5. The molecule has 0 aromatic rings. The zero-order valence-electron chi connectivity index (χ0n) is 20.0. The third-order valence-corrected chi connectivity index (χ3v) is 5.15. The molecule has 0 bridgehead atoms. The molecule has 0 aromatic carbocycles. The van der Waals surface area contributed by atoms with Crippen LogP contribution in [-0.2, 0) is 9.59 Å². The van der Waals surface area contributed by atoms with Crippen LogP contribution in [0.3, 0.4) is 0 Å². The Bertz CT molecular complexity index is 390. The van der Waals surface area contributed by atoms with Gasteiger partial charge in [0.1, 0.15) is 0 Å². The average molecular weight is 427 g/mol. The highest BCUT2D eigenvalue weighted by molar-refractivity contribution is 5.66. The second-order valence-electron chi connectivity index (χ2n) is 8.29. The molecule has 0 aromatic heterocycles. The Labute approximate surface area is 186 Å². The number of unbranched alkanes of at least 4 members (excludes halogenated alkanes) is 15. The van der Waals surface area contributed by atoms with Crippen LogP contribution < -0.4 is 0 Å². The van der Waals surface area contributed by atoms with Crippen LogP contribution >= 0.6 is 0 Å². The van der Waals surface area contributed by atoms with Crippen LogP contribution in [0.5, 0.6) is 0 Å². The number of rotatable bonds is 21. The second-order valence-corrected chi connectivity index (χ2v) is 8.29. The highest BCUT2D eigenvalue weighted by Crippen LogP contribution is 2.09. The zero-order chi connectivity index (χ0) is 22.7. The number of carbonyl (C=O) groups is 2. The maximum absolute atomic E-state index is 10.3. The molecular weight excluding hydrogens is 376 g/mol. The Hall–Kier alpha value is -1.32. The van der Waals surface area contributed by atoms with E-state index in [0.717, 1.165) is 25.7 Å². The maximum Gasteiger partial charge on any atom is 0.303 e. The Morgan fingerprint density at radius 2 is 0.800 bits per heavy atom. The predicted octanol–water partition coefficient (Wildman–Crippen LogP) is 8.54. The average Bonchev–Trinajstić information content (AvgIpc) is 2.71. The van der Waals surface area contributed by atoms with E-state index in [0.29, 0.717) is 12.8 Å². The van der Waals surface area contributed by atoms with Gasteiger partial charge in [-0.05, 0) is 38.5 Å². The van der Waals surface area contributed by atoms with Crippen LogP contribution in [0.15, 0.2) is 12.2 Å². The number of carboxylic acid groups (broad SMARTS) is 2. The molecule has 30 heavy (non-hydrogen) atoms. The van der Waals surface area contributed by atoms with Crippen molar-refractivity contribution in [3.63, 3.8) is 0 Å². The summed E-state index contributed by atoms with van der Waals surface area (Å²) in [6.45, 7) is 4.44. The minimum atomic E-state index is -0.666. The van der Waals surface area contributed by atoms with Crippen molar-refractivity contribution in [3.8, 4) is 0 Å². The van der Waals surface area contributed by atoms with Crippen molar-refractivity contribution in [3.05, 3.63) is 12.2 Å². The SMILES string of the molecule is CCCCCC/C=C\CCCCCCCC(=O)O.CCCCCCCCCC(=O)O. The van der Waals surface area contributed by atoms with Gasteiger partial charge in [0.2, 0.25) is 0 Å². The summed E-state index contributed by atoms with van der Waals surface area (Å²) in [6, 6.07) is 0. The van der Waals surface area contributed by atoms with E-state index in [2.05, 4.69) is 26.0 Å². The lowest BCUT2D eigenvalue weighted by Gasteiger charge is -1.98. The summed E-state index contributed by atoms with van der Waals surface area (Å²) >= 11 is 0. The molecule has 4 nitrogen and oxygen atoms in total. The molecule has 0 heterocycles. The van der Waals surface area contributed by atoms with Crippen molar-refractivity contribution in [2.24, 2.45) is 0 Å². The molecule has 0 spiro atoms. The standard InChI is InChI=1S/C16H30O2.C10H20O2/c1-2-3-4-5-6-7-8-9-10-11-12-13-14-15-16(17)18;1-2-3-4-5-6-7-8-9-10(11)12/h7-8H,2-6,9-15H2,1H3,(H,17,18);2-9H2,1H3,(H,11,12)/b8-7-;. The minimum Gasteiger partial charge on any atom is -0.481 e. The Morgan fingerprint density at radius 1 is 0.500 bits per heavy atom. The van der Waals surface area contributed by atoms with Crippen molar-refractivity contribution in [1.82, 2.24) is 0 Å². The van der Waals surface area contributed by atoms with Crippen molar-refractivity contribution in [2.75, 3.05) is 0 Å². The monoisotopic (exact) mass is 426 g/mol. The van der Waals surface area contributed by atoms with E-state index in [9.17, 15) is 9.59 Å². The van der Waals surface area contributed by atoms with Crippen molar-refractivity contribution >= 4 is 11.9 Å². The molecule has 0 atom stereocenters. The second kappa shape index (κ2) is 27.7. The molecule has 0 unspecified atom stereocenters. The molecule has 178 valence electrons. The van der Waals surface area contributed by atoms with Gasteiger partial charge in [-0.15, -0.1) is 0 Å². The molecule has 0 saturated carbocycles. The van der Waals surface area contributed by atoms with E-state index in [1.54, 1.807) is 0 Å². The number of aliphatic carboxylic acids is 2. The van der Waals surface area contributed by atoms with Gasteiger partial charge in [0.05, 0.1) is 0 Å². The molecule has 0 rings (SSSR count). The third-order valence-electron chi connectivity index (χ3n) is 5.15. The summed E-state index contributed by atoms with van der Waals surface area (Å²) in [5.74, 6) is -1.33. The van der Waals surface area contributed by atoms with Gasteiger partial charge in [0.15, 0.2) is 0 Å². The van der Waals surface area contributed by atoms with E-state index in [4.69, 9.17) is 10.2 Å². The molecule has 0 aliphatic heterocycles. The first kappa shape index (κ1) is 30.9. The number of hydrogen-bond acceptors (Lipinski definition) is 2. The van der Waals surface area contributed by atoms with E-state index in [-0.39, 0.29) is 0 Å². The van der Waals surface area contributed by atoms with Crippen LogP contribution in [0.4, 0.5) is 0 Å². The number of carboxylic acids is 2. The fourth-order valence-electron chi connectivity index (χ4n) is 3.23. The normalized spacial score (nSPS) is 10.7. The summed E-state index contributed by atoms with van der Waals surface area (Å²) in [6.07, 6.45) is 27.0. The van der Waals surface area contributed by atoms with E-state index in [1.807, 2.05) is 0 Å². The molecule has 0 aliphatic carbocycles. The van der Waals surface area contributed by atoms with Crippen LogP contribution in [-0.4, -0.2) is 22.2 Å². The maximum atomic E-state index is 10.3. The van der Waals surface area contributed by atoms with Gasteiger partial charge < -0.3 is 10.2 Å². The highest BCUT2D eigenvalue weighted by Gasteiger charge is 1.96. The Kier molecular flexibility index (Phi) is 28.5. The molecule has 2 N–H and O–H groups in total. The lowest BCUT2D eigenvalue weighted by atomic mass is 10.1. The molecule has 0 fully saturated rings. The molecular formula is C26H50O4. The lowest BCUT2D eigenvalue weighted by molar-refractivity contribution is -0.138. The van der Waals surface area contributed by atoms with E-state index < -0.39 is 11.9 Å². The van der Waals surface area contributed by atoms with Gasteiger partial charge in [-0.3, -0.25) is 9.59 Å². The quantitative estimate of drug-likeness (QED) is 0.142. The van der Waals surface area contributed by atoms with Gasteiger partial charge in [0, 0.05) is 12.8 Å². The van der Waals surface area contributed by atoms with Crippen LogP contribution in [0, 0.1) is 0 Å².